The second-order valence-corrected chi connectivity index (χ2v) is 6.65. The van der Waals surface area contributed by atoms with E-state index in [2.05, 4.69) is 25.1 Å². The number of nitrogens with zero attached hydrogens (tertiary/aromatic N) is 5. The summed E-state index contributed by atoms with van der Waals surface area (Å²) in [5, 5.41) is 3.28. The molecule has 2 fully saturated rings. The molecule has 2 saturated heterocycles. The highest BCUT2D eigenvalue weighted by atomic mass is 35.5. The van der Waals surface area contributed by atoms with Crippen molar-refractivity contribution in [2.24, 2.45) is 0 Å². The molecule has 2 aliphatic rings. The Balaban J connectivity index is 0.00000256. The van der Waals surface area contributed by atoms with Crippen LogP contribution in [0.4, 0.5) is 23.5 Å². The van der Waals surface area contributed by atoms with Gasteiger partial charge in [0.15, 0.2) is 0 Å². The number of morpholine rings is 2. The zero-order valence-electron chi connectivity index (χ0n) is 17.2. The summed E-state index contributed by atoms with van der Waals surface area (Å²) in [5.74, 6) is 3.10. The molecule has 1 aromatic carbocycles. The highest BCUT2D eigenvalue weighted by Gasteiger charge is 2.21. The summed E-state index contributed by atoms with van der Waals surface area (Å²) in [6.07, 6.45) is 0. The summed E-state index contributed by atoms with van der Waals surface area (Å²) in [5.41, 5.74) is 0.750. The third-order valence-electron chi connectivity index (χ3n) is 4.85. The lowest BCUT2D eigenvalue weighted by atomic mass is 10.2. The Labute approximate surface area is 181 Å². The third-order valence-corrected chi connectivity index (χ3v) is 4.85. The molecule has 30 heavy (non-hydrogen) atoms. The number of halogens is 1. The zero-order chi connectivity index (χ0) is 20.1. The predicted molar refractivity (Wildman–Crippen MR) is 116 cm³/mol. The average molecular weight is 439 g/mol. The van der Waals surface area contributed by atoms with Crippen molar-refractivity contribution in [3.05, 3.63) is 18.2 Å². The van der Waals surface area contributed by atoms with Crippen LogP contribution in [0, 0.1) is 0 Å². The standard InChI is InChI=1S/C19H26N6O4.ClH/c1-26-14-3-4-15(16(13-14)27-2)20-17-21-18(24-5-9-28-10-6-24)23-19(22-17)25-7-11-29-12-8-25;/h3-4,13H,5-12H2,1-2H3,(H,20,21,22,23);1H. The molecule has 4 rings (SSSR count). The van der Waals surface area contributed by atoms with E-state index in [-0.39, 0.29) is 12.4 Å². The van der Waals surface area contributed by atoms with Gasteiger partial charge in [0.25, 0.3) is 0 Å². The Morgan fingerprint density at radius 2 is 1.40 bits per heavy atom. The van der Waals surface area contributed by atoms with Gasteiger partial charge in [-0.2, -0.15) is 15.0 Å². The first kappa shape index (κ1) is 22.1. The molecule has 164 valence electrons. The minimum absolute atomic E-state index is 0. The number of nitrogens with one attached hydrogen (secondary N) is 1. The molecule has 2 aromatic rings. The predicted octanol–water partition coefficient (Wildman–Crippen LogP) is 1.73. The van der Waals surface area contributed by atoms with Crippen molar-refractivity contribution >= 4 is 35.9 Å². The molecular weight excluding hydrogens is 412 g/mol. The van der Waals surface area contributed by atoms with E-state index in [1.807, 2.05) is 18.2 Å². The van der Waals surface area contributed by atoms with Crippen LogP contribution in [0.5, 0.6) is 11.5 Å². The molecule has 0 unspecified atom stereocenters. The van der Waals surface area contributed by atoms with Gasteiger partial charge in [-0.3, -0.25) is 0 Å². The van der Waals surface area contributed by atoms with Gasteiger partial charge in [-0.1, -0.05) is 0 Å². The first-order chi connectivity index (χ1) is 14.3. The van der Waals surface area contributed by atoms with Crippen LogP contribution in [-0.4, -0.2) is 81.8 Å². The van der Waals surface area contributed by atoms with Crippen molar-refractivity contribution in [3.8, 4) is 11.5 Å². The number of hydrogen-bond donors (Lipinski definition) is 1. The molecule has 0 saturated carbocycles. The monoisotopic (exact) mass is 438 g/mol. The third kappa shape index (κ3) is 5.13. The van der Waals surface area contributed by atoms with Gasteiger partial charge in [0.2, 0.25) is 17.8 Å². The number of methoxy groups -OCH3 is 2. The first-order valence-corrected chi connectivity index (χ1v) is 9.67. The molecule has 0 spiro atoms. The van der Waals surface area contributed by atoms with Gasteiger partial charge >= 0.3 is 0 Å². The average Bonchev–Trinajstić information content (AvgIpc) is 2.80. The molecule has 0 aliphatic carbocycles. The molecule has 1 aromatic heterocycles. The minimum atomic E-state index is 0. The van der Waals surface area contributed by atoms with Gasteiger partial charge in [0, 0.05) is 32.2 Å². The summed E-state index contributed by atoms with van der Waals surface area (Å²) in [6.45, 7) is 5.63. The fraction of sp³-hybridized carbons (Fsp3) is 0.526. The minimum Gasteiger partial charge on any atom is -0.497 e. The van der Waals surface area contributed by atoms with Crippen LogP contribution < -0.4 is 24.6 Å². The van der Waals surface area contributed by atoms with E-state index in [1.165, 1.54) is 0 Å². The highest BCUT2D eigenvalue weighted by molar-refractivity contribution is 5.85. The van der Waals surface area contributed by atoms with E-state index < -0.39 is 0 Å². The largest absolute Gasteiger partial charge is 0.497 e. The van der Waals surface area contributed by atoms with Crippen molar-refractivity contribution < 1.29 is 18.9 Å². The summed E-state index contributed by atoms with van der Waals surface area (Å²) < 4.78 is 21.7. The van der Waals surface area contributed by atoms with E-state index in [1.54, 1.807) is 14.2 Å². The summed E-state index contributed by atoms with van der Waals surface area (Å²) in [7, 11) is 3.24. The maximum absolute atomic E-state index is 5.49. The second-order valence-electron chi connectivity index (χ2n) is 6.65. The molecule has 10 nitrogen and oxygen atoms in total. The Morgan fingerprint density at radius 3 is 1.90 bits per heavy atom. The van der Waals surface area contributed by atoms with E-state index in [0.29, 0.717) is 55.8 Å². The highest BCUT2D eigenvalue weighted by Crippen LogP contribution is 2.31. The van der Waals surface area contributed by atoms with E-state index >= 15 is 0 Å². The lowest BCUT2D eigenvalue weighted by Gasteiger charge is -2.30. The zero-order valence-corrected chi connectivity index (χ0v) is 18.0. The summed E-state index contributed by atoms with van der Waals surface area (Å²) in [6, 6.07) is 5.55. The van der Waals surface area contributed by atoms with Crippen LogP contribution in [0.2, 0.25) is 0 Å². The van der Waals surface area contributed by atoms with Crippen LogP contribution in [0.25, 0.3) is 0 Å². The van der Waals surface area contributed by atoms with Gasteiger partial charge in [-0.15, -0.1) is 12.4 Å². The topological polar surface area (TPSA) is 94.1 Å². The molecule has 3 heterocycles. The molecule has 0 amide bonds. The lowest BCUT2D eigenvalue weighted by Crippen LogP contribution is -2.40. The van der Waals surface area contributed by atoms with Crippen molar-refractivity contribution in [3.63, 3.8) is 0 Å². The molecule has 0 atom stereocenters. The van der Waals surface area contributed by atoms with E-state index in [4.69, 9.17) is 23.9 Å². The first-order valence-electron chi connectivity index (χ1n) is 9.67. The van der Waals surface area contributed by atoms with Crippen LogP contribution >= 0.6 is 12.4 Å². The molecule has 1 N–H and O–H groups in total. The molecule has 2 aliphatic heterocycles. The second kappa shape index (κ2) is 10.5. The number of benzene rings is 1. The number of hydrogen-bond acceptors (Lipinski definition) is 10. The van der Waals surface area contributed by atoms with Gasteiger partial charge in [-0.25, -0.2) is 0 Å². The van der Waals surface area contributed by atoms with Gasteiger partial charge in [-0.05, 0) is 12.1 Å². The van der Waals surface area contributed by atoms with Crippen LogP contribution in [0.15, 0.2) is 18.2 Å². The quantitative estimate of drug-likeness (QED) is 0.718. The van der Waals surface area contributed by atoms with Gasteiger partial charge in [0.05, 0.1) is 46.3 Å². The molecule has 11 heteroatoms. The Kier molecular flexibility index (Phi) is 7.72. The van der Waals surface area contributed by atoms with Crippen molar-refractivity contribution in [1.82, 2.24) is 15.0 Å². The Hall–Kier alpha value is -2.56. The smallest absolute Gasteiger partial charge is 0.233 e. The number of aromatic nitrogens is 3. The Morgan fingerprint density at radius 1 is 0.833 bits per heavy atom. The van der Waals surface area contributed by atoms with Crippen molar-refractivity contribution in [2.75, 3.05) is 81.9 Å². The Bertz CT molecular complexity index is 794. The number of ether oxygens (including phenoxy) is 4. The van der Waals surface area contributed by atoms with Gasteiger partial charge in [0.1, 0.15) is 11.5 Å². The SMILES string of the molecule is COc1ccc(Nc2nc(N3CCOCC3)nc(N3CCOCC3)n2)c(OC)c1.Cl. The van der Waals surface area contributed by atoms with Gasteiger partial charge < -0.3 is 34.1 Å². The fourth-order valence-corrected chi connectivity index (χ4v) is 3.24. The van der Waals surface area contributed by atoms with Crippen LogP contribution in [0.1, 0.15) is 0 Å². The lowest BCUT2D eigenvalue weighted by molar-refractivity contribution is 0.121. The van der Waals surface area contributed by atoms with Crippen LogP contribution in [0.3, 0.4) is 0 Å². The van der Waals surface area contributed by atoms with Crippen molar-refractivity contribution in [2.45, 2.75) is 0 Å². The maximum Gasteiger partial charge on any atom is 0.233 e. The normalized spacial score (nSPS) is 16.6. The van der Waals surface area contributed by atoms with Crippen LogP contribution in [-0.2, 0) is 9.47 Å². The summed E-state index contributed by atoms with van der Waals surface area (Å²) >= 11 is 0. The van der Waals surface area contributed by atoms with E-state index in [9.17, 15) is 0 Å². The number of rotatable bonds is 6. The van der Waals surface area contributed by atoms with E-state index in [0.717, 1.165) is 31.9 Å². The molecule has 0 bridgehead atoms. The maximum atomic E-state index is 5.49. The summed E-state index contributed by atoms with van der Waals surface area (Å²) in [4.78, 5) is 18.3. The fourth-order valence-electron chi connectivity index (χ4n) is 3.24. The van der Waals surface area contributed by atoms with Crippen molar-refractivity contribution in [1.29, 1.82) is 0 Å². The molecule has 0 radical (unpaired) electrons. The molecular formula is C19H27ClN6O4. The number of anilines is 4.